The molecule has 0 aliphatic heterocycles. The molecule has 0 bridgehead atoms. The van der Waals surface area contributed by atoms with Crippen LogP contribution in [0, 0.1) is 12.8 Å². The van der Waals surface area contributed by atoms with Crippen LogP contribution < -0.4 is 5.32 Å². The first kappa shape index (κ1) is 17.6. The van der Waals surface area contributed by atoms with E-state index in [0.717, 1.165) is 18.0 Å². The zero-order valence-corrected chi connectivity index (χ0v) is 14.4. The quantitative estimate of drug-likeness (QED) is 0.712. The van der Waals surface area contributed by atoms with Gasteiger partial charge in [-0.2, -0.15) is 0 Å². The fraction of sp³-hybridized carbons (Fsp3) is 0.800. The smallest absolute Gasteiger partial charge is 0.116 e. The van der Waals surface area contributed by atoms with Crippen molar-refractivity contribution in [3.05, 3.63) is 15.6 Å². The molecule has 0 saturated heterocycles. The SMILES string of the molecule is CCc1nc(C(COC)(NCCOC)C(C)C)sc1C. The predicted octanol–water partition coefficient (Wildman–Crippen LogP) is 2.75. The van der Waals surface area contributed by atoms with E-state index in [1.165, 1.54) is 10.6 Å². The van der Waals surface area contributed by atoms with Gasteiger partial charge in [0.15, 0.2) is 0 Å². The van der Waals surface area contributed by atoms with Gasteiger partial charge in [-0.25, -0.2) is 4.98 Å². The van der Waals surface area contributed by atoms with Crippen LogP contribution in [0.4, 0.5) is 0 Å². The molecule has 1 aromatic heterocycles. The molecule has 1 heterocycles. The van der Waals surface area contributed by atoms with E-state index < -0.39 is 0 Å². The molecule has 0 radical (unpaired) electrons. The van der Waals surface area contributed by atoms with Crippen molar-refractivity contribution < 1.29 is 9.47 Å². The number of rotatable bonds is 9. The summed E-state index contributed by atoms with van der Waals surface area (Å²) >= 11 is 1.78. The maximum Gasteiger partial charge on any atom is 0.116 e. The van der Waals surface area contributed by atoms with E-state index in [1.54, 1.807) is 25.6 Å². The number of hydrogen-bond donors (Lipinski definition) is 1. The van der Waals surface area contributed by atoms with Gasteiger partial charge in [-0.3, -0.25) is 0 Å². The number of nitrogens with zero attached hydrogens (tertiary/aromatic N) is 1. The monoisotopic (exact) mass is 300 g/mol. The van der Waals surface area contributed by atoms with Crippen molar-refractivity contribution >= 4 is 11.3 Å². The second-order valence-corrected chi connectivity index (χ2v) is 6.56. The van der Waals surface area contributed by atoms with Gasteiger partial charge in [0.05, 0.1) is 24.4 Å². The molecule has 0 aliphatic rings. The van der Waals surface area contributed by atoms with Gasteiger partial charge in [0, 0.05) is 25.6 Å². The third-order valence-corrected chi connectivity index (χ3v) is 4.90. The van der Waals surface area contributed by atoms with Gasteiger partial charge in [-0.1, -0.05) is 20.8 Å². The van der Waals surface area contributed by atoms with Crippen molar-refractivity contribution in [3.63, 3.8) is 0 Å². The first-order valence-corrected chi connectivity index (χ1v) is 8.03. The Hall–Kier alpha value is -0.490. The number of aromatic nitrogens is 1. The molecule has 5 heteroatoms. The summed E-state index contributed by atoms with van der Waals surface area (Å²) in [6.45, 7) is 10.8. The molecule has 0 saturated carbocycles. The molecule has 0 aromatic carbocycles. The van der Waals surface area contributed by atoms with Gasteiger partial charge in [-0.15, -0.1) is 11.3 Å². The summed E-state index contributed by atoms with van der Waals surface area (Å²) in [6, 6.07) is 0. The van der Waals surface area contributed by atoms with Crippen molar-refractivity contribution in [1.82, 2.24) is 10.3 Å². The minimum atomic E-state index is -0.240. The van der Waals surface area contributed by atoms with Crippen molar-refractivity contribution in [2.24, 2.45) is 5.92 Å². The molecule has 1 N–H and O–H groups in total. The van der Waals surface area contributed by atoms with Crippen molar-refractivity contribution in [1.29, 1.82) is 0 Å². The van der Waals surface area contributed by atoms with Crippen LogP contribution in [0.15, 0.2) is 0 Å². The number of hydrogen-bond acceptors (Lipinski definition) is 5. The Kier molecular flexibility index (Phi) is 7.09. The van der Waals surface area contributed by atoms with Crippen LogP contribution in [0.1, 0.15) is 36.3 Å². The van der Waals surface area contributed by atoms with Crippen molar-refractivity contribution in [2.75, 3.05) is 34.0 Å². The summed E-state index contributed by atoms with van der Waals surface area (Å²) in [5, 5.41) is 4.74. The Morgan fingerprint density at radius 2 is 2.00 bits per heavy atom. The normalized spacial score (nSPS) is 14.8. The molecule has 116 valence electrons. The summed E-state index contributed by atoms with van der Waals surface area (Å²) in [5.41, 5.74) is 0.954. The lowest BCUT2D eigenvalue weighted by molar-refractivity contribution is 0.0687. The lowest BCUT2D eigenvalue weighted by Crippen LogP contribution is -2.51. The molecule has 1 atom stereocenters. The zero-order valence-electron chi connectivity index (χ0n) is 13.6. The predicted molar refractivity (Wildman–Crippen MR) is 84.5 cm³/mol. The van der Waals surface area contributed by atoms with Crippen molar-refractivity contribution in [2.45, 2.75) is 39.7 Å². The fourth-order valence-electron chi connectivity index (χ4n) is 2.36. The number of aryl methyl sites for hydroxylation is 2. The Morgan fingerprint density at radius 1 is 1.30 bits per heavy atom. The van der Waals surface area contributed by atoms with E-state index in [0.29, 0.717) is 19.1 Å². The summed E-state index contributed by atoms with van der Waals surface area (Å²) in [5.74, 6) is 0.384. The van der Waals surface area contributed by atoms with Crippen LogP contribution in [0.2, 0.25) is 0 Å². The van der Waals surface area contributed by atoms with Crippen LogP contribution in [0.5, 0.6) is 0 Å². The van der Waals surface area contributed by atoms with Crippen LogP contribution in [-0.2, 0) is 21.4 Å². The number of ether oxygens (including phenoxy) is 2. The third-order valence-electron chi connectivity index (χ3n) is 3.71. The molecule has 0 fully saturated rings. The van der Waals surface area contributed by atoms with E-state index >= 15 is 0 Å². The molecular formula is C15H28N2O2S. The number of nitrogens with one attached hydrogen (secondary N) is 1. The Labute approximate surface area is 126 Å². The van der Waals surface area contributed by atoms with Gasteiger partial charge < -0.3 is 14.8 Å². The minimum Gasteiger partial charge on any atom is -0.383 e. The van der Waals surface area contributed by atoms with Gasteiger partial charge in [0.1, 0.15) is 5.01 Å². The zero-order chi connectivity index (χ0) is 15.2. The van der Waals surface area contributed by atoms with E-state index in [1.807, 2.05) is 0 Å². The van der Waals surface area contributed by atoms with Crippen LogP contribution in [0.25, 0.3) is 0 Å². The maximum absolute atomic E-state index is 5.50. The summed E-state index contributed by atoms with van der Waals surface area (Å²) in [7, 11) is 3.47. The van der Waals surface area contributed by atoms with Crippen LogP contribution in [0.3, 0.4) is 0 Å². The van der Waals surface area contributed by atoms with Crippen LogP contribution >= 0.6 is 11.3 Å². The summed E-state index contributed by atoms with van der Waals surface area (Å²) < 4.78 is 10.7. The highest BCUT2D eigenvalue weighted by molar-refractivity contribution is 7.11. The van der Waals surface area contributed by atoms with Gasteiger partial charge in [0.25, 0.3) is 0 Å². The second kappa shape index (κ2) is 8.08. The highest BCUT2D eigenvalue weighted by atomic mass is 32.1. The van der Waals surface area contributed by atoms with Gasteiger partial charge in [0.2, 0.25) is 0 Å². The molecule has 1 aromatic rings. The molecular weight excluding hydrogens is 272 g/mol. The van der Waals surface area contributed by atoms with E-state index in [2.05, 4.69) is 33.0 Å². The first-order chi connectivity index (χ1) is 9.51. The Balaban J connectivity index is 3.11. The molecule has 4 nitrogen and oxygen atoms in total. The number of thiazole rings is 1. The summed E-state index contributed by atoms with van der Waals surface area (Å²) in [4.78, 5) is 6.16. The molecule has 1 unspecified atom stereocenters. The average molecular weight is 300 g/mol. The Morgan fingerprint density at radius 3 is 2.45 bits per heavy atom. The summed E-state index contributed by atoms with van der Waals surface area (Å²) in [6.07, 6.45) is 0.974. The fourth-order valence-corrected chi connectivity index (χ4v) is 3.66. The van der Waals surface area contributed by atoms with Crippen molar-refractivity contribution in [3.8, 4) is 0 Å². The highest BCUT2D eigenvalue weighted by Gasteiger charge is 2.38. The van der Waals surface area contributed by atoms with E-state index in [-0.39, 0.29) is 5.54 Å². The lowest BCUT2D eigenvalue weighted by atomic mass is 9.87. The molecule has 1 rings (SSSR count). The Bertz CT molecular complexity index is 407. The molecule has 0 spiro atoms. The molecule has 0 amide bonds. The second-order valence-electron chi connectivity index (χ2n) is 5.35. The molecule has 20 heavy (non-hydrogen) atoms. The van der Waals surface area contributed by atoms with E-state index in [4.69, 9.17) is 14.5 Å². The minimum absolute atomic E-state index is 0.240. The highest BCUT2D eigenvalue weighted by Crippen LogP contribution is 2.34. The topological polar surface area (TPSA) is 43.4 Å². The lowest BCUT2D eigenvalue weighted by Gasteiger charge is -2.36. The average Bonchev–Trinajstić information content (AvgIpc) is 2.79. The number of methoxy groups -OCH3 is 2. The standard InChI is InChI=1S/C15H28N2O2S/c1-7-13-12(4)20-14(17-13)15(10-19-6,11(2)3)16-8-9-18-5/h11,16H,7-10H2,1-6H3. The van der Waals surface area contributed by atoms with Crippen LogP contribution in [-0.4, -0.2) is 39.0 Å². The van der Waals surface area contributed by atoms with E-state index in [9.17, 15) is 0 Å². The first-order valence-electron chi connectivity index (χ1n) is 7.21. The third kappa shape index (κ3) is 3.79. The maximum atomic E-state index is 5.50. The molecule has 0 aliphatic carbocycles. The van der Waals surface area contributed by atoms with Gasteiger partial charge in [-0.05, 0) is 19.3 Å². The van der Waals surface area contributed by atoms with Gasteiger partial charge >= 0.3 is 0 Å². The largest absolute Gasteiger partial charge is 0.383 e.